The molecule has 0 amide bonds. The maximum absolute atomic E-state index is 7.91. The summed E-state index contributed by atoms with van der Waals surface area (Å²) in [5.74, 6) is 0.533. The second kappa shape index (κ2) is 5.99. The quantitative estimate of drug-likeness (QED) is 0.671. The van der Waals surface area contributed by atoms with Gasteiger partial charge in [-0.05, 0) is 37.6 Å². The maximum Gasteiger partial charge on any atom is 0.241 e. The molecule has 0 saturated heterocycles. The largest absolute Gasteiger partial charge is 0.273 e. The van der Waals surface area contributed by atoms with E-state index in [4.69, 9.17) is 17.0 Å². The minimum absolute atomic E-state index is 0.328. The van der Waals surface area contributed by atoms with Crippen LogP contribution >= 0.6 is 23.1 Å². The van der Waals surface area contributed by atoms with Crippen LogP contribution in [0.25, 0.3) is 5.69 Å². The summed E-state index contributed by atoms with van der Waals surface area (Å²) in [5, 5.41) is 12.8. The maximum atomic E-state index is 7.91. The van der Waals surface area contributed by atoms with Crippen LogP contribution in [-0.4, -0.2) is 14.7 Å². The highest BCUT2D eigenvalue weighted by Crippen LogP contribution is 2.16. The summed E-state index contributed by atoms with van der Waals surface area (Å²) in [6, 6.07) is 7.25. The van der Waals surface area contributed by atoms with Gasteiger partial charge < -0.3 is 0 Å². The molecule has 0 aliphatic rings. The number of nitrogens with zero attached hydrogens (tertiary/aromatic N) is 3. The third-order valence-corrected chi connectivity index (χ3v) is 3.45. The molecule has 0 fully saturated rings. The molecule has 1 aromatic heterocycles. The number of anilines is 1. The van der Waals surface area contributed by atoms with Gasteiger partial charge >= 0.3 is 0 Å². The van der Waals surface area contributed by atoms with Crippen molar-refractivity contribution in [3.05, 3.63) is 34.1 Å². The Labute approximate surface area is 120 Å². The lowest BCUT2D eigenvalue weighted by Crippen LogP contribution is -2.13. The second-order valence-corrected chi connectivity index (χ2v) is 5.12. The van der Waals surface area contributed by atoms with Crippen molar-refractivity contribution in [2.75, 3.05) is 5.43 Å². The van der Waals surface area contributed by atoms with E-state index in [9.17, 15) is 0 Å². The lowest BCUT2D eigenvalue weighted by Gasteiger charge is -2.06. The van der Waals surface area contributed by atoms with E-state index in [0.29, 0.717) is 15.8 Å². The Morgan fingerprint density at radius 1 is 1.47 bits per heavy atom. The molecule has 2 N–H and O–H groups in total. The first kappa shape index (κ1) is 13.8. The topological polar surface area (TPSA) is 66.1 Å². The zero-order chi connectivity index (χ0) is 13.8. The van der Waals surface area contributed by atoms with E-state index in [2.05, 4.69) is 14.9 Å². The van der Waals surface area contributed by atoms with Crippen molar-refractivity contribution in [3.8, 4) is 5.69 Å². The molecule has 0 unspecified atom stereocenters. The van der Waals surface area contributed by atoms with Gasteiger partial charge in [-0.3, -0.25) is 9.98 Å². The van der Waals surface area contributed by atoms with Crippen molar-refractivity contribution in [1.29, 1.82) is 5.41 Å². The summed E-state index contributed by atoms with van der Waals surface area (Å²) < 4.78 is 5.87. The van der Waals surface area contributed by atoms with Crippen LogP contribution in [0.2, 0.25) is 5.02 Å². The second-order valence-electron chi connectivity index (χ2n) is 3.94. The minimum Gasteiger partial charge on any atom is -0.273 e. The summed E-state index contributed by atoms with van der Waals surface area (Å²) in [6.07, 6.45) is 0.867. The van der Waals surface area contributed by atoms with Gasteiger partial charge in [-0.25, -0.2) is 5.43 Å². The van der Waals surface area contributed by atoms with Crippen LogP contribution in [0.5, 0.6) is 0 Å². The summed E-state index contributed by atoms with van der Waals surface area (Å²) in [4.78, 5) is 0.328. The number of nitrogens with one attached hydrogen (secondary N) is 2. The monoisotopic (exact) mass is 295 g/mol. The van der Waals surface area contributed by atoms with Crippen molar-refractivity contribution in [3.63, 3.8) is 0 Å². The van der Waals surface area contributed by atoms with Crippen molar-refractivity contribution in [1.82, 2.24) is 8.94 Å². The molecule has 0 aliphatic carbocycles. The first-order valence-corrected chi connectivity index (χ1v) is 6.95. The van der Waals surface area contributed by atoms with E-state index in [1.165, 1.54) is 0 Å². The van der Waals surface area contributed by atoms with Crippen molar-refractivity contribution in [2.45, 2.75) is 20.3 Å². The molecular weight excluding hydrogens is 282 g/mol. The molecule has 5 nitrogen and oxygen atoms in total. The molecular formula is C12H14ClN5S. The highest BCUT2D eigenvalue weighted by molar-refractivity contribution is 7.03. The summed E-state index contributed by atoms with van der Waals surface area (Å²) in [6.45, 7) is 3.97. The summed E-state index contributed by atoms with van der Waals surface area (Å²) in [7, 11) is 0. The number of rotatable bonds is 4. The fourth-order valence-electron chi connectivity index (χ4n) is 1.39. The number of hydrogen-bond acceptors (Lipinski definition) is 5. The summed E-state index contributed by atoms with van der Waals surface area (Å²) in [5.41, 5.74) is 4.70. The van der Waals surface area contributed by atoms with Crippen molar-refractivity contribution in [2.24, 2.45) is 5.10 Å². The molecule has 0 aliphatic heterocycles. The highest BCUT2D eigenvalue weighted by Gasteiger charge is 2.08. The Morgan fingerprint density at radius 3 is 2.79 bits per heavy atom. The fourth-order valence-corrected chi connectivity index (χ4v) is 2.08. The van der Waals surface area contributed by atoms with Gasteiger partial charge in [0.2, 0.25) is 10.7 Å². The van der Waals surface area contributed by atoms with E-state index >= 15 is 0 Å². The molecule has 0 spiro atoms. The zero-order valence-corrected chi connectivity index (χ0v) is 12.2. The van der Waals surface area contributed by atoms with Crippen LogP contribution in [0.4, 0.5) is 5.95 Å². The Kier molecular flexibility index (Phi) is 4.34. The van der Waals surface area contributed by atoms with E-state index < -0.39 is 0 Å². The third-order valence-electron chi connectivity index (χ3n) is 2.58. The van der Waals surface area contributed by atoms with Gasteiger partial charge in [0.1, 0.15) is 0 Å². The number of aromatic nitrogens is 2. The standard InChI is InChI=1S/C12H14ClN5S/c1-3-8(2)15-16-12-17-19-11(14)18(12)10-6-4-9(13)5-7-10/h4-7,14H,3H2,1-2H3,(H,16,17)/b14-11?,15-8-. The van der Waals surface area contributed by atoms with Gasteiger partial charge in [0.05, 0.1) is 5.69 Å². The number of benzene rings is 1. The van der Waals surface area contributed by atoms with Gasteiger partial charge in [0.25, 0.3) is 0 Å². The molecule has 0 radical (unpaired) electrons. The average molecular weight is 296 g/mol. The lowest BCUT2D eigenvalue weighted by atomic mass is 10.3. The van der Waals surface area contributed by atoms with Gasteiger partial charge in [-0.15, -0.1) is 0 Å². The van der Waals surface area contributed by atoms with Gasteiger partial charge in [0, 0.05) is 22.3 Å². The molecule has 1 aromatic carbocycles. The van der Waals surface area contributed by atoms with Gasteiger partial charge in [-0.2, -0.15) is 9.47 Å². The zero-order valence-electron chi connectivity index (χ0n) is 10.6. The molecule has 100 valence electrons. The third kappa shape index (κ3) is 3.21. The fraction of sp³-hybridized carbons (Fsp3) is 0.250. The molecule has 7 heteroatoms. The Hall–Kier alpha value is -1.66. The first-order valence-electron chi connectivity index (χ1n) is 5.80. The van der Waals surface area contributed by atoms with Crippen LogP contribution < -0.4 is 10.2 Å². The van der Waals surface area contributed by atoms with E-state index in [1.807, 2.05) is 26.0 Å². The van der Waals surface area contributed by atoms with E-state index in [0.717, 1.165) is 29.4 Å². The Morgan fingerprint density at radius 2 is 2.16 bits per heavy atom. The lowest BCUT2D eigenvalue weighted by molar-refractivity contribution is 0.956. The van der Waals surface area contributed by atoms with Crippen molar-refractivity contribution < 1.29 is 0 Å². The molecule has 2 rings (SSSR count). The molecule has 19 heavy (non-hydrogen) atoms. The molecule has 0 bridgehead atoms. The van der Waals surface area contributed by atoms with Crippen LogP contribution in [0.3, 0.4) is 0 Å². The van der Waals surface area contributed by atoms with Crippen LogP contribution in [0, 0.1) is 5.41 Å². The number of hydrogen-bond donors (Lipinski definition) is 2. The highest BCUT2D eigenvalue weighted by atomic mass is 35.5. The van der Waals surface area contributed by atoms with Crippen molar-refractivity contribution >= 4 is 34.8 Å². The first-order chi connectivity index (χ1) is 9.11. The predicted molar refractivity (Wildman–Crippen MR) is 79.3 cm³/mol. The van der Waals surface area contributed by atoms with E-state index in [-0.39, 0.29) is 0 Å². The minimum atomic E-state index is 0.328. The Bertz CT molecular complexity index is 641. The molecule has 1 heterocycles. The number of halogens is 1. The van der Waals surface area contributed by atoms with E-state index in [1.54, 1.807) is 16.7 Å². The SMILES string of the molecule is CC/C(C)=N\Nc1nsc(=N)n1-c1ccc(Cl)cc1. The van der Waals surface area contributed by atoms with Crippen LogP contribution in [0.15, 0.2) is 29.4 Å². The predicted octanol–water partition coefficient (Wildman–Crippen LogP) is 3.26. The van der Waals surface area contributed by atoms with Gasteiger partial charge in [0.15, 0.2) is 0 Å². The van der Waals surface area contributed by atoms with Gasteiger partial charge in [-0.1, -0.05) is 18.5 Å². The normalized spacial score (nSPS) is 11.6. The molecule has 2 aromatic rings. The number of hydrazone groups is 1. The summed E-state index contributed by atoms with van der Waals surface area (Å²) >= 11 is 6.97. The smallest absolute Gasteiger partial charge is 0.241 e. The molecule has 0 atom stereocenters. The Balaban J connectivity index is 2.38. The van der Waals surface area contributed by atoms with Crippen LogP contribution in [-0.2, 0) is 0 Å². The molecule has 0 saturated carbocycles. The van der Waals surface area contributed by atoms with Crippen LogP contribution in [0.1, 0.15) is 20.3 Å². The average Bonchev–Trinajstić information content (AvgIpc) is 2.78.